The summed E-state index contributed by atoms with van der Waals surface area (Å²) in [5, 5.41) is 2.60. The highest BCUT2D eigenvalue weighted by molar-refractivity contribution is 7.89. The quantitative estimate of drug-likeness (QED) is 0.825. The van der Waals surface area contributed by atoms with Gasteiger partial charge in [-0.2, -0.15) is 4.31 Å². The van der Waals surface area contributed by atoms with Crippen LogP contribution in [0, 0.1) is 18.6 Å². The van der Waals surface area contributed by atoms with Gasteiger partial charge >= 0.3 is 0 Å². The van der Waals surface area contributed by atoms with E-state index in [1.54, 1.807) is 19.1 Å². The third-order valence-corrected chi connectivity index (χ3v) is 6.73. The lowest BCUT2D eigenvalue weighted by Crippen LogP contribution is -2.36. The molecule has 0 aromatic heterocycles. The van der Waals surface area contributed by atoms with Crippen LogP contribution in [0.25, 0.3) is 0 Å². The minimum absolute atomic E-state index is 0.0320. The van der Waals surface area contributed by atoms with E-state index in [1.165, 1.54) is 16.4 Å². The lowest BCUT2D eigenvalue weighted by Gasteiger charge is -2.26. The number of halogens is 2. The Labute approximate surface area is 163 Å². The Balaban J connectivity index is 1.78. The first-order chi connectivity index (χ1) is 13.3. The van der Waals surface area contributed by atoms with Crippen molar-refractivity contribution < 1.29 is 22.0 Å². The van der Waals surface area contributed by atoms with Gasteiger partial charge < -0.3 is 5.32 Å². The molecule has 28 heavy (non-hydrogen) atoms. The van der Waals surface area contributed by atoms with E-state index in [2.05, 4.69) is 5.32 Å². The summed E-state index contributed by atoms with van der Waals surface area (Å²) in [6.07, 6.45) is 2.40. The van der Waals surface area contributed by atoms with Crippen molar-refractivity contribution >= 4 is 15.9 Å². The van der Waals surface area contributed by atoms with Gasteiger partial charge in [0.15, 0.2) is 0 Å². The number of amides is 1. The average molecular weight is 408 g/mol. The van der Waals surface area contributed by atoms with Crippen LogP contribution in [0.15, 0.2) is 41.3 Å². The molecule has 0 aliphatic carbocycles. The number of benzene rings is 2. The van der Waals surface area contributed by atoms with Gasteiger partial charge in [0.25, 0.3) is 5.91 Å². The Morgan fingerprint density at radius 2 is 1.75 bits per heavy atom. The summed E-state index contributed by atoms with van der Waals surface area (Å²) >= 11 is 0. The highest BCUT2D eigenvalue weighted by Gasteiger charge is 2.29. The maximum atomic E-state index is 14.2. The van der Waals surface area contributed by atoms with Gasteiger partial charge in [0.1, 0.15) is 16.5 Å². The molecule has 150 valence electrons. The smallest absolute Gasteiger partial charge is 0.251 e. The van der Waals surface area contributed by atoms with Gasteiger partial charge in [0.2, 0.25) is 10.0 Å². The molecular weight excluding hydrogens is 386 g/mol. The predicted molar refractivity (Wildman–Crippen MR) is 101 cm³/mol. The summed E-state index contributed by atoms with van der Waals surface area (Å²) in [5.41, 5.74) is 1.10. The Morgan fingerprint density at radius 3 is 2.43 bits per heavy atom. The van der Waals surface area contributed by atoms with Crippen LogP contribution in [0.1, 0.15) is 40.7 Å². The van der Waals surface area contributed by atoms with Crippen LogP contribution in [0.2, 0.25) is 0 Å². The van der Waals surface area contributed by atoms with Crippen molar-refractivity contribution in [3.05, 3.63) is 64.7 Å². The number of hydrogen-bond donors (Lipinski definition) is 1. The molecule has 0 atom stereocenters. The third-order valence-electron chi connectivity index (χ3n) is 4.82. The van der Waals surface area contributed by atoms with Gasteiger partial charge in [-0.05, 0) is 55.2 Å². The molecule has 0 bridgehead atoms. The summed E-state index contributed by atoms with van der Waals surface area (Å²) < 4.78 is 54.6. The highest BCUT2D eigenvalue weighted by atomic mass is 32.2. The molecule has 1 aliphatic rings. The topological polar surface area (TPSA) is 66.5 Å². The standard InChI is InChI=1S/C20H22F2N2O3S/c1-14-5-6-15(11-18(14)22)13-23-20(25)16-7-8-17(21)19(12-16)28(26,27)24-9-3-2-4-10-24/h5-8,11-12H,2-4,9-10,13H2,1H3,(H,23,25). The van der Waals surface area contributed by atoms with E-state index >= 15 is 0 Å². The highest BCUT2D eigenvalue weighted by Crippen LogP contribution is 2.24. The Morgan fingerprint density at radius 1 is 1.04 bits per heavy atom. The van der Waals surface area contributed by atoms with Crippen LogP contribution in [0.3, 0.4) is 0 Å². The maximum absolute atomic E-state index is 14.2. The van der Waals surface area contributed by atoms with E-state index in [4.69, 9.17) is 0 Å². The van der Waals surface area contributed by atoms with Crippen LogP contribution in [-0.4, -0.2) is 31.7 Å². The van der Waals surface area contributed by atoms with Gasteiger partial charge in [-0.3, -0.25) is 4.79 Å². The Kier molecular flexibility index (Phi) is 6.10. The third kappa shape index (κ3) is 4.39. The van der Waals surface area contributed by atoms with E-state index < -0.39 is 26.6 Å². The van der Waals surface area contributed by atoms with Gasteiger partial charge in [0.05, 0.1) is 0 Å². The largest absolute Gasteiger partial charge is 0.348 e. The minimum atomic E-state index is -4.00. The van der Waals surface area contributed by atoms with E-state index in [0.29, 0.717) is 24.2 Å². The van der Waals surface area contributed by atoms with Crippen molar-refractivity contribution in [1.82, 2.24) is 9.62 Å². The maximum Gasteiger partial charge on any atom is 0.251 e. The fourth-order valence-corrected chi connectivity index (χ4v) is 4.72. The monoisotopic (exact) mass is 408 g/mol. The van der Waals surface area contributed by atoms with Crippen molar-refractivity contribution in [3.8, 4) is 0 Å². The van der Waals surface area contributed by atoms with E-state index in [-0.39, 0.29) is 17.9 Å². The molecule has 1 saturated heterocycles. The van der Waals surface area contributed by atoms with Crippen LogP contribution >= 0.6 is 0 Å². The number of nitrogens with zero attached hydrogens (tertiary/aromatic N) is 1. The number of carbonyl (C=O) groups excluding carboxylic acids is 1. The molecule has 1 aliphatic heterocycles. The zero-order valence-electron chi connectivity index (χ0n) is 15.5. The molecule has 3 rings (SSSR count). The summed E-state index contributed by atoms with van der Waals surface area (Å²) in [6.45, 7) is 2.40. The van der Waals surface area contributed by atoms with Crippen molar-refractivity contribution in [2.45, 2.75) is 37.6 Å². The molecule has 8 heteroatoms. The lowest BCUT2D eigenvalue weighted by atomic mass is 10.1. The number of carbonyl (C=O) groups is 1. The molecule has 0 spiro atoms. The van der Waals surface area contributed by atoms with Gasteiger partial charge in [-0.15, -0.1) is 0 Å². The molecule has 0 radical (unpaired) electrons. The van der Waals surface area contributed by atoms with Crippen LogP contribution in [0.4, 0.5) is 8.78 Å². The number of aryl methyl sites for hydroxylation is 1. The molecule has 1 N–H and O–H groups in total. The molecule has 1 heterocycles. The summed E-state index contributed by atoms with van der Waals surface area (Å²) in [4.78, 5) is 11.9. The fourth-order valence-electron chi connectivity index (χ4n) is 3.12. The molecule has 2 aromatic carbocycles. The van der Waals surface area contributed by atoms with Gasteiger partial charge in [0, 0.05) is 25.2 Å². The van der Waals surface area contributed by atoms with E-state index in [0.717, 1.165) is 31.4 Å². The average Bonchev–Trinajstić information content (AvgIpc) is 2.69. The molecule has 1 fully saturated rings. The van der Waals surface area contributed by atoms with Crippen molar-refractivity contribution in [1.29, 1.82) is 0 Å². The summed E-state index contributed by atoms with van der Waals surface area (Å²) in [7, 11) is -4.00. The summed E-state index contributed by atoms with van der Waals surface area (Å²) in [5.74, 6) is -1.82. The zero-order chi connectivity index (χ0) is 20.3. The first-order valence-electron chi connectivity index (χ1n) is 9.12. The molecule has 5 nitrogen and oxygen atoms in total. The first kappa shape index (κ1) is 20.4. The number of piperidine rings is 1. The van der Waals surface area contributed by atoms with Gasteiger partial charge in [-0.1, -0.05) is 18.6 Å². The van der Waals surface area contributed by atoms with Crippen molar-refractivity contribution in [2.24, 2.45) is 0 Å². The van der Waals surface area contributed by atoms with Crippen LogP contribution < -0.4 is 5.32 Å². The normalized spacial score (nSPS) is 15.4. The minimum Gasteiger partial charge on any atom is -0.348 e. The first-order valence-corrected chi connectivity index (χ1v) is 10.6. The van der Waals surface area contributed by atoms with Gasteiger partial charge in [-0.25, -0.2) is 17.2 Å². The van der Waals surface area contributed by atoms with Crippen molar-refractivity contribution in [3.63, 3.8) is 0 Å². The van der Waals surface area contributed by atoms with Crippen LogP contribution in [-0.2, 0) is 16.6 Å². The van der Waals surface area contributed by atoms with Crippen molar-refractivity contribution in [2.75, 3.05) is 13.1 Å². The lowest BCUT2D eigenvalue weighted by molar-refractivity contribution is 0.0950. The number of hydrogen-bond acceptors (Lipinski definition) is 3. The van der Waals surface area contributed by atoms with Crippen LogP contribution in [0.5, 0.6) is 0 Å². The second-order valence-electron chi connectivity index (χ2n) is 6.88. The molecule has 2 aromatic rings. The molecular formula is C20H22F2N2O3S. The van der Waals surface area contributed by atoms with E-state index in [9.17, 15) is 22.0 Å². The van der Waals surface area contributed by atoms with E-state index in [1.807, 2.05) is 0 Å². The predicted octanol–water partition coefficient (Wildman–Crippen LogP) is 3.38. The second kappa shape index (κ2) is 8.36. The summed E-state index contributed by atoms with van der Waals surface area (Å²) in [6, 6.07) is 7.90. The number of rotatable bonds is 5. The second-order valence-corrected chi connectivity index (χ2v) is 8.78. The Bertz CT molecular complexity index is 987. The fraction of sp³-hybridized carbons (Fsp3) is 0.350. The molecule has 1 amide bonds. The number of nitrogens with one attached hydrogen (secondary N) is 1. The zero-order valence-corrected chi connectivity index (χ0v) is 16.4. The Hall–Kier alpha value is -2.32. The number of sulfonamides is 1. The molecule has 0 unspecified atom stereocenters. The molecule has 0 saturated carbocycles. The SMILES string of the molecule is Cc1ccc(CNC(=O)c2ccc(F)c(S(=O)(=O)N3CCCCC3)c2)cc1F.